The Morgan fingerprint density at radius 2 is 1.50 bits per heavy atom. The molecule has 9 nitrogen and oxygen atoms in total. The second kappa shape index (κ2) is 8.89. The Labute approximate surface area is 173 Å². The largest absolute Gasteiger partial charge is 0.453 e. The molecule has 0 saturated heterocycles. The minimum absolute atomic E-state index is 0.0415. The van der Waals surface area contributed by atoms with Gasteiger partial charge in [0.15, 0.2) is 0 Å². The highest BCUT2D eigenvalue weighted by molar-refractivity contribution is 7.51. The molecular formula is C20H22N2O7P+. The first-order valence-corrected chi connectivity index (χ1v) is 11.1. The van der Waals surface area contributed by atoms with E-state index in [1.807, 2.05) is 6.07 Å². The van der Waals surface area contributed by atoms with Gasteiger partial charge in [-0.15, -0.1) is 5.43 Å². The summed E-state index contributed by atoms with van der Waals surface area (Å²) in [5.41, 5.74) is 3.49. The van der Waals surface area contributed by atoms with Crippen molar-refractivity contribution in [3.63, 3.8) is 0 Å². The number of fused-ring (bicyclic) bond motifs is 1. The van der Waals surface area contributed by atoms with Gasteiger partial charge in [-0.1, -0.05) is 47.1 Å². The summed E-state index contributed by atoms with van der Waals surface area (Å²) < 4.78 is 15.2. The van der Waals surface area contributed by atoms with Crippen LogP contribution >= 0.6 is 7.60 Å². The number of amides is 3. The highest BCUT2D eigenvalue weighted by Crippen LogP contribution is 2.36. The number of quaternary nitrogens is 1. The van der Waals surface area contributed by atoms with E-state index in [4.69, 9.17) is 14.5 Å². The van der Waals surface area contributed by atoms with Gasteiger partial charge in [-0.2, -0.15) is 0 Å². The molecule has 3 N–H and O–H groups in total. The Hall–Kier alpha value is -2.84. The van der Waals surface area contributed by atoms with Crippen molar-refractivity contribution in [1.82, 2.24) is 5.43 Å². The molecule has 158 valence electrons. The normalized spacial score (nSPS) is 15.0. The maximum absolute atomic E-state index is 13.1. The molecule has 0 spiro atoms. The number of nitrogens with zero attached hydrogens (tertiary/aromatic N) is 1. The number of unbranched alkanes of at least 4 members (excludes halogenated alkanes) is 1. The number of imide groups is 1. The lowest BCUT2D eigenvalue weighted by molar-refractivity contribution is -0.802. The third kappa shape index (κ3) is 4.83. The van der Waals surface area contributed by atoms with Crippen molar-refractivity contribution < 1.29 is 38.1 Å². The molecule has 0 radical (unpaired) electrons. The number of carbonyl (C=O) groups is 3. The van der Waals surface area contributed by atoms with Crippen LogP contribution in [0.5, 0.6) is 0 Å². The lowest BCUT2D eigenvalue weighted by Gasteiger charge is -2.27. The number of hydrogen-bond acceptors (Lipinski definition) is 5. The standard InChI is InChI=1S/C20H21N2O7P/c23-18-16-10-4-5-11-17(16)19(24)22(18,12-6-7-13-30(26,27)28)21-20(25)29-14-15-8-2-1-3-9-15/h1-5,8-11H,6-7,12-14H2,(H2-,21,25,26,27,28)/p+1. The fourth-order valence-corrected chi connectivity index (χ4v) is 3.93. The lowest BCUT2D eigenvalue weighted by Crippen LogP contribution is -2.64. The van der Waals surface area contributed by atoms with Crippen LogP contribution in [0.2, 0.25) is 0 Å². The first-order chi connectivity index (χ1) is 14.2. The molecule has 0 fully saturated rings. The predicted molar refractivity (Wildman–Crippen MR) is 106 cm³/mol. The molecule has 0 bridgehead atoms. The molecule has 0 saturated carbocycles. The summed E-state index contributed by atoms with van der Waals surface area (Å²) in [6.45, 7) is -0.188. The van der Waals surface area contributed by atoms with Gasteiger partial charge < -0.3 is 14.5 Å². The number of hydrogen-bond donors (Lipinski definition) is 3. The van der Waals surface area contributed by atoms with Gasteiger partial charge in [0.2, 0.25) is 0 Å². The Morgan fingerprint density at radius 1 is 0.933 bits per heavy atom. The van der Waals surface area contributed by atoms with E-state index in [1.165, 1.54) is 12.1 Å². The zero-order valence-corrected chi connectivity index (χ0v) is 17.0. The molecule has 1 aliphatic rings. The van der Waals surface area contributed by atoms with E-state index in [-0.39, 0.29) is 43.3 Å². The Balaban J connectivity index is 1.76. The van der Waals surface area contributed by atoms with Crippen molar-refractivity contribution in [2.45, 2.75) is 19.4 Å². The molecule has 1 aliphatic heterocycles. The van der Waals surface area contributed by atoms with E-state index in [0.717, 1.165) is 5.56 Å². The number of nitrogens with one attached hydrogen (secondary N) is 1. The van der Waals surface area contributed by atoms with Crippen LogP contribution < -0.4 is 5.43 Å². The third-order valence-electron chi connectivity index (χ3n) is 4.77. The molecular weight excluding hydrogens is 411 g/mol. The van der Waals surface area contributed by atoms with Crippen LogP contribution in [0.4, 0.5) is 4.79 Å². The van der Waals surface area contributed by atoms with E-state index >= 15 is 0 Å². The molecule has 0 aliphatic carbocycles. The van der Waals surface area contributed by atoms with Gasteiger partial charge in [0, 0.05) is 6.42 Å². The molecule has 2 aromatic carbocycles. The molecule has 2 aromatic rings. The van der Waals surface area contributed by atoms with Gasteiger partial charge in [-0.3, -0.25) is 4.57 Å². The SMILES string of the molecule is O=C(N[N+]1(CCCCP(=O)(O)O)C(=O)c2ccccc2C1=O)OCc1ccccc1. The van der Waals surface area contributed by atoms with Crippen LogP contribution in [-0.4, -0.2) is 45.0 Å². The zero-order valence-electron chi connectivity index (χ0n) is 16.1. The zero-order chi connectivity index (χ0) is 21.8. The van der Waals surface area contributed by atoms with E-state index in [0.29, 0.717) is 0 Å². The monoisotopic (exact) mass is 433 g/mol. The van der Waals surface area contributed by atoms with Crippen molar-refractivity contribution in [2.24, 2.45) is 0 Å². The molecule has 3 rings (SSSR count). The number of carbonyl (C=O) groups excluding carboxylic acids is 3. The van der Waals surface area contributed by atoms with E-state index in [1.54, 1.807) is 36.4 Å². The summed E-state index contributed by atoms with van der Waals surface area (Å²) in [5.74, 6) is -1.22. The highest BCUT2D eigenvalue weighted by Gasteiger charge is 2.55. The first-order valence-electron chi connectivity index (χ1n) is 9.33. The third-order valence-corrected chi connectivity index (χ3v) is 5.67. The molecule has 0 aromatic heterocycles. The first kappa shape index (κ1) is 21.9. The van der Waals surface area contributed by atoms with E-state index in [2.05, 4.69) is 5.43 Å². The summed E-state index contributed by atoms with van der Waals surface area (Å²) in [6, 6.07) is 15.2. The molecule has 0 unspecified atom stereocenters. The van der Waals surface area contributed by atoms with Gasteiger partial charge in [0.1, 0.15) is 13.2 Å². The smallest absolute Gasteiger partial charge is 0.442 e. The summed E-state index contributed by atoms with van der Waals surface area (Å²) in [4.78, 5) is 56.6. The van der Waals surface area contributed by atoms with E-state index in [9.17, 15) is 18.9 Å². The van der Waals surface area contributed by atoms with Crippen LogP contribution in [0, 0.1) is 0 Å². The Morgan fingerprint density at radius 3 is 2.07 bits per heavy atom. The van der Waals surface area contributed by atoms with Crippen molar-refractivity contribution in [3.8, 4) is 0 Å². The second-order valence-corrected chi connectivity index (χ2v) is 8.73. The minimum atomic E-state index is -4.20. The average molecular weight is 433 g/mol. The molecule has 10 heteroatoms. The minimum Gasteiger partial charge on any atom is -0.442 e. The lowest BCUT2D eigenvalue weighted by atomic mass is 10.1. The molecule has 1 heterocycles. The van der Waals surface area contributed by atoms with Crippen LogP contribution in [0.15, 0.2) is 54.6 Å². The van der Waals surface area contributed by atoms with Crippen LogP contribution in [0.3, 0.4) is 0 Å². The molecule has 30 heavy (non-hydrogen) atoms. The maximum atomic E-state index is 13.1. The number of rotatable bonds is 8. The van der Waals surface area contributed by atoms with Gasteiger partial charge in [0.05, 0.1) is 17.3 Å². The van der Waals surface area contributed by atoms with Crippen LogP contribution in [-0.2, 0) is 15.9 Å². The van der Waals surface area contributed by atoms with Crippen molar-refractivity contribution in [2.75, 3.05) is 12.7 Å². The van der Waals surface area contributed by atoms with Crippen molar-refractivity contribution in [1.29, 1.82) is 0 Å². The van der Waals surface area contributed by atoms with Gasteiger partial charge in [-0.25, -0.2) is 14.4 Å². The van der Waals surface area contributed by atoms with Gasteiger partial charge in [0.25, 0.3) is 0 Å². The van der Waals surface area contributed by atoms with Crippen molar-refractivity contribution >= 4 is 25.5 Å². The van der Waals surface area contributed by atoms with E-state index < -0.39 is 30.1 Å². The second-order valence-electron chi connectivity index (χ2n) is 6.96. The highest BCUT2D eigenvalue weighted by atomic mass is 31.2. The predicted octanol–water partition coefficient (Wildman–Crippen LogP) is 2.60. The molecule has 3 amide bonds. The topological polar surface area (TPSA) is 130 Å². The number of ether oxygens (including phenoxy) is 1. The van der Waals surface area contributed by atoms with Gasteiger partial charge in [-0.05, 0) is 24.1 Å². The average Bonchev–Trinajstić information content (AvgIpc) is 2.92. The Bertz CT molecular complexity index is 968. The Kier molecular flexibility index (Phi) is 6.48. The summed E-state index contributed by atoms with van der Waals surface area (Å²) in [5, 5.41) is 0. The van der Waals surface area contributed by atoms with Crippen LogP contribution in [0.25, 0.3) is 0 Å². The fourth-order valence-electron chi connectivity index (χ4n) is 3.30. The quantitative estimate of drug-likeness (QED) is 0.252. The molecule has 0 atom stereocenters. The van der Waals surface area contributed by atoms with Crippen molar-refractivity contribution in [3.05, 3.63) is 71.3 Å². The summed E-state index contributed by atoms with van der Waals surface area (Å²) in [7, 11) is -4.20. The fraction of sp³-hybridized carbons (Fsp3) is 0.250. The van der Waals surface area contributed by atoms with Crippen LogP contribution in [0.1, 0.15) is 39.1 Å². The number of benzene rings is 2. The maximum Gasteiger partial charge on any atom is 0.453 e. The summed E-state index contributed by atoms with van der Waals surface area (Å²) in [6.07, 6.45) is -1.10. The van der Waals surface area contributed by atoms with Gasteiger partial charge >= 0.3 is 25.5 Å². The summed E-state index contributed by atoms with van der Waals surface area (Å²) >= 11 is 0.